The highest BCUT2D eigenvalue weighted by Crippen LogP contribution is 2.06. The van der Waals surface area contributed by atoms with Gasteiger partial charge in [0.25, 0.3) is 0 Å². The molecule has 84 valence electrons. The smallest absolute Gasteiger partial charge is 0.367 e. The zero-order chi connectivity index (χ0) is 11.7. The Balaban J connectivity index is 1.93. The Hall–Kier alpha value is -2.70. The second-order valence-electron chi connectivity index (χ2n) is 3.29. The molecule has 0 unspecified atom stereocenters. The van der Waals surface area contributed by atoms with Crippen molar-refractivity contribution in [3.63, 3.8) is 0 Å². The molecule has 0 amide bonds. The maximum atomic E-state index is 11.7. The van der Waals surface area contributed by atoms with Gasteiger partial charge < -0.3 is 9.82 Å². The molecule has 7 nitrogen and oxygen atoms in total. The highest BCUT2D eigenvalue weighted by atomic mass is 16.7. The number of carbonyl (C=O) groups excluding carboxylic acids is 1. The Bertz CT molecular complexity index is 658. The molecule has 7 heteroatoms. The molecule has 3 heterocycles. The summed E-state index contributed by atoms with van der Waals surface area (Å²) in [6, 6.07) is 5.04. The van der Waals surface area contributed by atoms with Gasteiger partial charge in [0.2, 0.25) is 5.65 Å². The number of carbonyl (C=O) groups is 1. The average molecular weight is 229 g/mol. The lowest BCUT2D eigenvalue weighted by molar-refractivity contribution is 0.0409. The molecule has 3 aromatic rings. The van der Waals surface area contributed by atoms with Crippen LogP contribution in [0.3, 0.4) is 0 Å². The molecular weight excluding hydrogens is 222 g/mol. The van der Waals surface area contributed by atoms with E-state index in [1.807, 2.05) is 0 Å². The van der Waals surface area contributed by atoms with Crippen LogP contribution in [0.1, 0.15) is 10.4 Å². The van der Waals surface area contributed by atoms with E-state index in [0.717, 1.165) is 4.85 Å². The lowest BCUT2D eigenvalue weighted by Gasteiger charge is -2.00. The van der Waals surface area contributed by atoms with Crippen molar-refractivity contribution < 1.29 is 9.63 Å². The lowest BCUT2D eigenvalue weighted by Crippen LogP contribution is -2.20. The largest absolute Gasteiger partial charge is 0.367 e. The van der Waals surface area contributed by atoms with Crippen LogP contribution in [0.2, 0.25) is 0 Å². The van der Waals surface area contributed by atoms with Gasteiger partial charge in [0.15, 0.2) is 5.52 Å². The second-order valence-corrected chi connectivity index (χ2v) is 3.29. The quantitative estimate of drug-likeness (QED) is 0.644. The summed E-state index contributed by atoms with van der Waals surface area (Å²) in [7, 11) is 0. The molecule has 0 aromatic carbocycles. The van der Waals surface area contributed by atoms with Gasteiger partial charge in [0.1, 0.15) is 0 Å². The number of nitrogens with zero attached hydrogens (tertiary/aromatic N) is 4. The van der Waals surface area contributed by atoms with Crippen molar-refractivity contribution in [1.82, 2.24) is 25.1 Å². The second kappa shape index (κ2) is 3.71. The molecule has 3 rings (SSSR count). The minimum atomic E-state index is -0.512. The maximum Gasteiger partial charge on any atom is 0.367 e. The van der Waals surface area contributed by atoms with Crippen molar-refractivity contribution in [2.45, 2.75) is 0 Å². The molecule has 0 spiro atoms. The predicted molar refractivity (Wildman–Crippen MR) is 57.0 cm³/mol. The summed E-state index contributed by atoms with van der Waals surface area (Å²) in [5.41, 5.74) is 1.38. The highest BCUT2D eigenvalue weighted by molar-refractivity contribution is 5.89. The van der Waals surface area contributed by atoms with Crippen molar-refractivity contribution in [3.05, 3.63) is 42.4 Å². The Morgan fingerprint density at radius 1 is 1.41 bits per heavy atom. The summed E-state index contributed by atoms with van der Waals surface area (Å²) in [6.45, 7) is 0. The fourth-order valence-electron chi connectivity index (χ4n) is 1.40. The zero-order valence-corrected chi connectivity index (χ0v) is 8.57. The fourth-order valence-corrected chi connectivity index (χ4v) is 1.40. The van der Waals surface area contributed by atoms with Crippen LogP contribution < -0.4 is 4.84 Å². The van der Waals surface area contributed by atoms with Gasteiger partial charge in [-0.1, -0.05) is 4.85 Å². The minimum Gasteiger partial charge on any atom is -0.367 e. The summed E-state index contributed by atoms with van der Waals surface area (Å²) in [4.78, 5) is 24.5. The van der Waals surface area contributed by atoms with Crippen LogP contribution in [0.4, 0.5) is 0 Å². The van der Waals surface area contributed by atoms with Gasteiger partial charge >= 0.3 is 5.97 Å². The van der Waals surface area contributed by atoms with Gasteiger partial charge in [0, 0.05) is 18.6 Å². The molecular formula is C10H7N5O2. The minimum absolute atomic E-state index is 0.414. The van der Waals surface area contributed by atoms with Crippen LogP contribution in [-0.2, 0) is 0 Å². The molecule has 3 aromatic heterocycles. The number of rotatable bonds is 2. The molecule has 0 aliphatic carbocycles. The molecule has 0 fully saturated rings. The molecule has 0 atom stereocenters. The van der Waals surface area contributed by atoms with Gasteiger partial charge in [-0.2, -0.15) is 0 Å². The van der Waals surface area contributed by atoms with Crippen LogP contribution in [0.5, 0.6) is 0 Å². The maximum absolute atomic E-state index is 11.7. The van der Waals surface area contributed by atoms with Crippen molar-refractivity contribution in [1.29, 1.82) is 0 Å². The van der Waals surface area contributed by atoms with Gasteiger partial charge in [-0.05, 0) is 23.4 Å². The van der Waals surface area contributed by atoms with E-state index < -0.39 is 5.97 Å². The first-order valence-electron chi connectivity index (χ1n) is 4.86. The van der Waals surface area contributed by atoms with Gasteiger partial charge in [-0.25, -0.2) is 9.78 Å². The molecule has 0 bridgehead atoms. The summed E-state index contributed by atoms with van der Waals surface area (Å²) in [5, 5.41) is 7.47. The number of aromatic amines is 1. The van der Waals surface area contributed by atoms with E-state index in [9.17, 15) is 4.79 Å². The van der Waals surface area contributed by atoms with Crippen LogP contribution in [0.25, 0.3) is 11.2 Å². The lowest BCUT2D eigenvalue weighted by atomic mass is 10.4. The van der Waals surface area contributed by atoms with Crippen LogP contribution in [0.15, 0.2) is 36.8 Å². The summed E-state index contributed by atoms with van der Waals surface area (Å²) in [5.74, 6) is -0.512. The van der Waals surface area contributed by atoms with Gasteiger partial charge in [0.05, 0.1) is 5.56 Å². The van der Waals surface area contributed by atoms with Crippen molar-refractivity contribution in [3.8, 4) is 0 Å². The number of hydrogen-bond acceptors (Lipinski definition) is 5. The number of hydrogen-bond donors (Lipinski definition) is 1. The van der Waals surface area contributed by atoms with E-state index in [0.29, 0.717) is 16.7 Å². The third-order valence-electron chi connectivity index (χ3n) is 2.20. The predicted octanol–water partition coefficient (Wildman–Crippen LogP) is 0.423. The summed E-state index contributed by atoms with van der Waals surface area (Å²) >= 11 is 0. The third kappa shape index (κ3) is 1.63. The van der Waals surface area contributed by atoms with E-state index in [1.54, 1.807) is 36.8 Å². The third-order valence-corrected chi connectivity index (χ3v) is 2.20. The fraction of sp³-hybridized carbons (Fsp3) is 0. The molecule has 0 radical (unpaired) electrons. The first-order chi connectivity index (χ1) is 8.34. The Morgan fingerprint density at radius 2 is 2.35 bits per heavy atom. The SMILES string of the molecule is O=C(On1nnc2ncccc21)c1cc[nH]c1. The number of pyridine rings is 1. The molecule has 0 saturated heterocycles. The zero-order valence-electron chi connectivity index (χ0n) is 8.57. The number of H-pyrrole nitrogens is 1. The topological polar surface area (TPSA) is 85.7 Å². The van der Waals surface area contributed by atoms with E-state index in [4.69, 9.17) is 4.84 Å². The van der Waals surface area contributed by atoms with E-state index in [-0.39, 0.29) is 0 Å². The van der Waals surface area contributed by atoms with Crippen LogP contribution in [0, 0.1) is 0 Å². The molecule has 0 aliphatic rings. The molecule has 1 N–H and O–H groups in total. The Morgan fingerprint density at radius 3 is 3.18 bits per heavy atom. The van der Waals surface area contributed by atoms with Crippen molar-refractivity contribution in [2.75, 3.05) is 0 Å². The van der Waals surface area contributed by atoms with Crippen molar-refractivity contribution >= 4 is 17.1 Å². The Labute approximate surface area is 95.0 Å². The number of fused-ring (bicyclic) bond motifs is 1. The van der Waals surface area contributed by atoms with E-state index in [1.165, 1.54) is 0 Å². The van der Waals surface area contributed by atoms with Crippen LogP contribution in [-0.4, -0.2) is 31.1 Å². The molecule has 0 saturated carbocycles. The Kier molecular flexibility index (Phi) is 2.08. The molecule has 0 aliphatic heterocycles. The van der Waals surface area contributed by atoms with Gasteiger partial charge in [-0.3, -0.25) is 0 Å². The first kappa shape index (κ1) is 9.52. The summed E-state index contributed by atoms with van der Waals surface area (Å²) < 4.78 is 0. The molecule has 17 heavy (non-hydrogen) atoms. The standard InChI is InChI=1S/C10H7N5O2/c16-10(7-3-5-11-6-7)17-15-8-2-1-4-12-9(8)13-14-15/h1-6,11H. The van der Waals surface area contributed by atoms with E-state index >= 15 is 0 Å². The van der Waals surface area contributed by atoms with Crippen molar-refractivity contribution in [2.24, 2.45) is 0 Å². The highest BCUT2D eigenvalue weighted by Gasteiger charge is 2.12. The number of aromatic nitrogens is 5. The van der Waals surface area contributed by atoms with Gasteiger partial charge in [-0.15, -0.1) is 5.10 Å². The average Bonchev–Trinajstić information content (AvgIpc) is 2.98. The number of nitrogens with one attached hydrogen (secondary N) is 1. The van der Waals surface area contributed by atoms with Crippen LogP contribution >= 0.6 is 0 Å². The normalized spacial score (nSPS) is 10.6. The van der Waals surface area contributed by atoms with E-state index in [2.05, 4.69) is 20.3 Å². The first-order valence-corrected chi connectivity index (χ1v) is 4.86. The monoisotopic (exact) mass is 229 g/mol. The summed E-state index contributed by atoms with van der Waals surface area (Å²) in [6.07, 6.45) is 4.77.